The highest BCUT2D eigenvalue weighted by Crippen LogP contribution is 2.30. The Morgan fingerprint density at radius 2 is 2.08 bits per heavy atom. The van der Waals surface area contributed by atoms with Crippen molar-refractivity contribution in [1.29, 1.82) is 0 Å². The number of alkyl halides is 3. The van der Waals surface area contributed by atoms with Gasteiger partial charge >= 0.3 is 0 Å². The van der Waals surface area contributed by atoms with Gasteiger partial charge in [0.25, 0.3) is 6.43 Å². The van der Waals surface area contributed by atoms with Crippen LogP contribution in [0.3, 0.4) is 0 Å². The Morgan fingerprint density at radius 1 is 1.40 bits per heavy atom. The van der Waals surface area contributed by atoms with E-state index >= 15 is 0 Å². The number of aliphatic hydroxyl groups excluding tert-OH is 1. The predicted molar refractivity (Wildman–Crippen MR) is 89.2 cm³/mol. The molecule has 0 bridgehead atoms. The second kappa shape index (κ2) is 8.67. The zero-order valence-electron chi connectivity index (χ0n) is 14.2. The number of piperidine rings is 1. The molecule has 25 heavy (non-hydrogen) atoms. The van der Waals surface area contributed by atoms with Crippen LogP contribution in [0.25, 0.3) is 0 Å². The van der Waals surface area contributed by atoms with Crippen molar-refractivity contribution in [2.24, 2.45) is 0 Å². The monoisotopic (exact) mass is 358 g/mol. The van der Waals surface area contributed by atoms with Crippen LogP contribution >= 0.6 is 0 Å². The van der Waals surface area contributed by atoms with Crippen LogP contribution in [0.2, 0.25) is 0 Å². The van der Waals surface area contributed by atoms with Crippen LogP contribution in [-0.4, -0.2) is 47.8 Å². The molecule has 4 atom stereocenters. The van der Waals surface area contributed by atoms with Gasteiger partial charge in [-0.2, -0.15) is 0 Å². The maximum atomic E-state index is 14.9. The number of benzene rings is 1. The van der Waals surface area contributed by atoms with Gasteiger partial charge in [-0.3, -0.25) is 4.79 Å². The van der Waals surface area contributed by atoms with E-state index in [1.807, 2.05) is 30.3 Å². The molecule has 1 aromatic carbocycles. The fourth-order valence-electron chi connectivity index (χ4n) is 3.29. The van der Waals surface area contributed by atoms with E-state index in [-0.39, 0.29) is 25.3 Å². The minimum absolute atomic E-state index is 0.138. The van der Waals surface area contributed by atoms with Crippen LogP contribution in [-0.2, 0) is 11.2 Å². The van der Waals surface area contributed by atoms with E-state index in [1.165, 1.54) is 0 Å². The SMILES string of the molecule is CCC(=O)N[C@@]1(CCCc2ccccc2)CN[C@H](C(F)F)[C@@H](O)[C@@H]1F. The van der Waals surface area contributed by atoms with Crippen molar-refractivity contribution in [3.8, 4) is 0 Å². The van der Waals surface area contributed by atoms with E-state index in [0.29, 0.717) is 12.8 Å². The van der Waals surface area contributed by atoms with Crippen LogP contribution in [0.15, 0.2) is 30.3 Å². The summed E-state index contributed by atoms with van der Waals surface area (Å²) in [5, 5.41) is 15.1. The zero-order valence-corrected chi connectivity index (χ0v) is 14.2. The molecule has 1 aliphatic heterocycles. The Bertz CT molecular complexity index is 559. The number of hydrogen-bond donors (Lipinski definition) is 3. The fraction of sp³-hybridized carbons (Fsp3) is 0.611. The molecule has 1 saturated heterocycles. The van der Waals surface area contributed by atoms with Crippen LogP contribution in [0, 0.1) is 0 Å². The van der Waals surface area contributed by atoms with Crippen LogP contribution in [0.5, 0.6) is 0 Å². The Kier molecular flexibility index (Phi) is 6.84. The Balaban J connectivity index is 2.10. The number of halogens is 3. The van der Waals surface area contributed by atoms with Gasteiger partial charge in [0.05, 0.1) is 11.6 Å². The predicted octanol–water partition coefficient (Wildman–Crippen LogP) is 2.21. The lowest BCUT2D eigenvalue weighted by Crippen LogP contribution is -2.72. The molecular weight excluding hydrogens is 333 g/mol. The van der Waals surface area contributed by atoms with Crippen molar-refractivity contribution in [2.45, 2.75) is 62.9 Å². The van der Waals surface area contributed by atoms with E-state index in [0.717, 1.165) is 5.56 Å². The third-order valence-electron chi connectivity index (χ3n) is 4.76. The number of aliphatic hydroxyl groups is 1. The molecule has 0 unspecified atom stereocenters. The van der Waals surface area contributed by atoms with E-state index < -0.39 is 30.3 Å². The van der Waals surface area contributed by atoms with E-state index in [2.05, 4.69) is 10.6 Å². The highest BCUT2D eigenvalue weighted by Gasteiger charge is 2.52. The van der Waals surface area contributed by atoms with E-state index in [4.69, 9.17) is 0 Å². The average Bonchev–Trinajstić information content (AvgIpc) is 2.60. The van der Waals surface area contributed by atoms with Crippen molar-refractivity contribution < 1.29 is 23.1 Å². The molecule has 1 aliphatic rings. The van der Waals surface area contributed by atoms with Gasteiger partial charge in [-0.25, -0.2) is 13.2 Å². The smallest absolute Gasteiger partial charge is 0.256 e. The van der Waals surface area contributed by atoms with E-state index in [1.54, 1.807) is 6.92 Å². The molecule has 0 radical (unpaired) electrons. The second-order valence-electron chi connectivity index (χ2n) is 6.53. The first-order valence-electron chi connectivity index (χ1n) is 8.58. The third kappa shape index (κ3) is 4.73. The Morgan fingerprint density at radius 3 is 2.68 bits per heavy atom. The summed E-state index contributed by atoms with van der Waals surface area (Å²) in [6, 6.07) is 7.98. The molecule has 2 rings (SSSR count). The number of carbonyl (C=O) groups is 1. The van der Waals surface area contributed by atoms with Crippen molar-refractivity contribution in [1.82, 2.24) is 10.6 Å². The minimum atomic E-state index is -2.88. The van der Waals surface area contributed by atoms with Crippen LogP contribution in [0.4, 0.5) is 13.2 Å². The summed E-state index contributed by atoms with van der Waals surface area (Å²) in [7, 11) is 0. The van der Waals surface area contributed by atoms with Gasteiger partial charge in [-0.1, -0.05) is 37.3 Å². The third-order valence-corrected chi connectivity index (χ3v) is 4.76. The van der Waals surface area contributed by atoms with Gasteiger partial charge in [-0.05, 0) is 24.8 Å². The van der Waals surface area contributed by atoms with Crippen LogP contribution in [0.1, 0.15) is 31.7 Å². The van der Waals surface area contributed by atoms with Gasteiger partial charge in [0, 0.05) is 13.0 Å². The highest BCUT2D eigenvalue weighted by atomic mass is 19.3. The number of nitrogens with one attached hydrogen (secondary N) is 2. The molecule has 1 aromatic rings. The quantitative estimate of drug-likeness (QED) is 0.700. The molecule has 3 N–H and O–H groups in total. The standard InChI is InChI=1S/C18H25F3N2O2/c1-2-13(24)23-18(10-6-9-12-7-4-3-5-8-12)11-22-14(17(20)21)15(25)16(18)19/h3-5,7-8,14-17,22,25H,2,6,9-11H2,1H3,(H,23,24)/t14-,15+,16-,18-/m0/s1. The molecule has 1 fully saturated rings. The van der Waals surface area contributed by atoms with Gasteiger partial charge in [0.2, 0.25) is 5.91 Å². The maximum absolute atomic E-state index is 14.9. The molecule has 1 amide bonds. The Labute approximate surface area is 145 Å². The lowest BCUT2D eigenvalue weighted by molar-refractivity contribution is -0.128. The first-order valence-corrected chi connectivity index (χ1v) is 8.58. The topological polar surface area (TPSA) is 61.4 Å². The first kappa shape index (κ1) is 19.7. The van der Waals surface area contributed by atoms with Crippen LogP contribution < -0.4 is 10.6 Å². The van der Waals surface area contributed by atoms with Crippen molar-refractivity contribution in [2.75, 3.05) is 6.54 Å². The minimum Gasteiger partial charge on any atom is -0.388 e. The first-order chi connectivity index (χ1) is 11.9. The summed E-state index contributed by atoms with van der Waals surface area (Å²) >= 11 is 0. The number of rotatable bonds is 7. The zero-order chi connectivity index (χ0) is 18.4. The molecule has 1 heterocycles. The summed E-state index contributed by atoms with van der Waals surface area (Å²) in [6.07, 6.45) is -5.08. The molecule has 0 aromatic heterocycles. The maximum Gasteiger partial charge on any atom is 0.256 e. The van der Waals surface area contributed by atoms with Gasteiger partial charge < -0.3 is 15.7 Å². The molecular formula is C18H25F3N2O2. The number of amides is 1. The summed E-state index contributed by atoms with van der Waals surface area (Å²) in [5.41, 5.74) is -0.309. The number of hydrogen-bond acceptors (Lipinski definition) is 3. The summed E-state index contributed by atoms with van der Waals surface area (Å²) in [6.45, 7) is 1.50. The van der Waals surface area contributed by atoms with Gasteiger partial charge in [0.15, 0.2) is 6.17 Å². The molecule has 0 spiro atoms. The fourth-order valence-corrected chi connectivity index (χ4v) is 3.29. The highest BCUT2D eigenvalue weighted by molar-refractivity contribution is 5.76. The molecule has 0 aliphatic carbocycles. The normalized spacial score (nSPS) is 29.6. The molecule has 4 nitrogen and oxygen atoms in total. The second-order valence-corrected chi connectivity index (χ2v) is 6.53. The summed E-state index contributed by atoms with van der Waals surface area (Å²) in [5.74, 6) is -0.369. The average molecular weight is 358 g/mol. The molecule has 7 heteroatoms. The largest absolute Gasteiger partial charge is 0.388 e. The number of aryl methyl sites for hydroxylation is 1. The van der Waals surface area contributed by atoms with Crippen molar-refractivity contribution in [3.05, 3.63) is 35.9 Å². The van der Waals surface area contributed by atoms with Crippen molar-refractivity contribution >= 4 is 5.91 Å². The van der Waals surface area contributed by atoms with Gasteiger partial charge in [0.1, 0.15) is 6.10 Å². The lowest BCUT2D eigenvalue weighted by atomic mass is 9.79. The molecule has 0 saturated carbocycles. The Hall–Kier alpha value is -1.60. The molecule has 140 valence electrons. The van der Waals surface area contributed by atoms with E-state index in [9.17, 15) is 23.1 Å². The van der Waals surface area contributed by atoms with Gasteiger partial charge in [-0.15, -0.1) is 0 Å². The van der Waals surface area contributed by atoms with Crippen molar-refractivity contribution in [3.63, 3.8) is 0 Å². The summed E-state index contributed by atoms with van der Waals surface area (Å²) in [4.78, 5) is 11.9. The number of carbonyl (C=O) groups excluding carboxylic acids is 1. The lowest BCUT2D eigenvalue weighted by Gasteiger charge is -2.46. The summed E-state index contributed by atoms with van der Waals surface area (Å²) < 4.78 is 40.7.